The Morgan fingerprint density at radius 3 is 1.72 bits per heavy atom. The van der Waals surface area contributed by atoms with Gasteiger partial charge in [-0.15, -0.1) is 0 Å². The van der Waals surface area contributed by atoms with Crippen LogP contribution in [-0.4, -0.2) is 60.2 Å². The summed E-state index contributed by atoms with van der Waals surface area (Å²) in [7, 11) is 0. The zero-order valence-electron chi connectivity index (χ0n) is 27.9. The van der Waals surface area contributed by atoms with Crippen molar-refractivity contribution >= 4 is 37.7 Å². The molecule has 3 heteroatoms. The van der Waals surface area contributed by atoms with E-state index in [4.69, 9.17) is 0 Å². The van der Waals surface area contributed by atoms with Gasteiger partial charge in [-0.2, -0.15) is 0 Å². The fourth-order valence-electron chi connectivity index (χ4n) is 6.14. The molecule has 0 fully saturated rings. The molecule has 2 rings (SSSR count). The topological polar surface area (TPSA) is 40.5 Å². The second-order valence-electron chi connectivity index (χ2n) is 13.7. The monoisotopic (exact) mass is 610 g/mol. The molecule has 2 N–H and O–H groups in total. The van der Waals surface area contributed by atoms with Crippen molar-refractivity contribution in [3.63, 3.8) is 0 Å². The molecule has 0 heterocycles. The molecule has 0 bridgehead atoms. The molecule has 0 spiro atoms. The number of aliphatic hydroxyl groups is 2. The van der Waals surface area contributed by atoms with Gasteiger partial charge in [0.25, 0.3) is 0 Å². The second-order valence-corrected chi connectivity index (χ2v) is 13.7. The standard InChI is InChI=1S/C40H56O2.Ca.2H/c1-29(17-13-19-31(3)21-23-37-33(5)25-35(41)27-39(37,7)8)15-11-12-16-30(2)18-14-20-32(4)22-24-38-34(6)26-36(42)28-40(38,9)10;;;/h11-25,35-37,41-42H,26-28H2,1-10H3;;;/b12-11+,17-13+,18-14+,23-21+,24-22+,29-15+,30-16+,31-19+,32-20+;;;/t35-,36+,37-;;;/m0.../s1. The van der Waals surface area contributed by atoms with Gasteiger partial charge < -0.3 is 10.2 Å². The minimum absolute atomic E-state index is 0. The van der Waals surface area contributed by atoms with Crippen molar-refractivity contribution in [2.75, 3.05) is 0 Å². The van der Waals surface area contributed by atoms with E-state index in [9.17, 15) is 10.2 Å². The summed E-state index contributed by atoms with van der Waals surface area (Å²) < 4.78 is 0. The van der Waals surface area contributed by atoms with Crippen molar-refractivity contribution in [1.82, 2.24) is 0 Å². The molecule has 0 aromatic carbocycles. The van der Waals surface area contributed by atoms with E-state index in [1.807, 2.05) is 6.08 Å². The van der Waals surface area contributed by atoms with Gasteiger partial charge in [0.1, 0.15) is 0 Å². The summed E-state index contributed by atoms with van der Waals surface area (Å²) in [5, 5.41) is 20.2. The Balaban J connectivity index is 0.00000924. The first-order valence-electron chi connectivity index (χ1n) is 15.4. The van der Waals surface area contributed by atoms with E-state index in [-0.39, 0.29) is 60.8 Å². The third-order valence-electron chi connectivity index (χ3n) is 8.33. The van der Waals surface area contributed by atoms with Gasteiger partial charge in [-0.1, -0.05) is 152 Å². The van der Waals surface area contributed by atoms with Crippen LogP contribution >= 0.6 is 0 Å². The van der Waals surface area contributed by atoms with Crippen LogP contribution < -0.4 is 0 Å². The molecule has 2 nitrogen and oxygen atoms in total. The number of hydrogen-bond acceptors (Lipinski definition) is 2. The molecular formula is C40H58CaO2. The zero-order chi connectivity index (χ0) is 31.5. The van der Waals surface area contributed by atoms with Gasteiger partial charge in [0.2, 0.25) is 0 Å². The molecule has 2 aliphatic rings. The average Bonchev–Trinajstić information content (AvgIpc) is 2.84. The Morgan fingerprint density at radius 1 is 0.721 bits per heavy atom. The first-order valence-corrected chi connectivity index (χ1v) is 15.4. The summed E-state index contributed by atoms with van der Waals surface area (Å²) in [6.45, 7) is 21.6. The predicted molar refractivity (Wildman–Crippen MR) is 193 cm³/mol. The number of allylic oxidation sites excluding steroid dienone is 20. The molecule has 0 radical (unpaired) electrons. The van der Waals surface area contributed by atoms with Crippen LogP contribution in [0.5, 0.6) is 0 Å². The fraction of sp³-hybridized carbons (Fsp3) is 0.450. The van der Waals surface area contributed by atoms with E-state index in [0.29, 0.717) is 5.92 Å². The van der Waals surface area contributed by atoms with Gasteiger partial charge in [0, 0.05) is 5.92 Å². The van der Waals surface area contributed by atoms with E-state index < -0.39 is 0 Å². The Bertz CT molecular complexity index is 1280. The molecule has 0 aromatic rings. The van der Waals surface area contributed by atoms with E-state index in [2.05, 4.69) is 154 Å². The van der Waals surface area contributed by atoms with Gasteiger partial charge in [-0.05, 0) is 77.2 Å². The van der Waals surface area contributed by atoms with Crippen LogP contribution in [0, 0.1) is 16.7 Å². The van der Waals surface area contributed by atoms with Gasteiger partial charge >= 0.3 is 37.7 Å². The number of aliphatic hydroxyl groups excluding tert-OH is 2. The quantitative estimate of drug-likeness (QED) is 0.147. The van der Waals surface area contributed by atoms with Gasteiger partial charge in [-0.3, -0.25) is 0 Å². The Kier molecular flexibility index (Phi) is 16.8. The zero-order valence-corrected chi connectivity index (χ0v) is 27.9. The van der Waals surface area contributed by atoms with Crippen LogP contribution in [0.15, 0.2) is 130 Å². The SMILES string of the molecule is CC1=C[C@H](O)CC(C)(C)[C@H]1/C=C/C(C)=C/C=C/C(C)=C/C=C/C=C(C)/C=C/C=C(C)/C=C/C1=C(C)C[C@@H](O)CC1(C)C.[CaH2]. The van der Waals surface area contributed by atoms with Gasteiger partial charge in [0.05, 0.1) is 12.2 Å². The van der Waals surface area contributed by atoms with Crippen molar-refractivity contribution in [2.24, 2.45) is 16.7 Å². The molecule has 43 heavy (non-hydrogen) atoms. The third kappa shape index (κ3) is 13.9. The van der Waals surface area contributed by atoms with Crippen LogP contribution in [0.2, 0.25) is 0 Å². The summed E-state index contributed by atoms with van der Waals surface area (Å²) >= 11 is 0. The maximum absolute atomic E-state index is 10.1. The molecule has 2 aliphatic carbocycles. The molecule has 0 saturated heterocycles. The normalized spacial score (nSPS) is 26.0. The van der Waals surface area contributed by atoms with E-state index in [1.165, 1.54) is 39.0 Å². The Labute approximate surface area is 293 Å². The van der Waals surface area contributed by atoms with Crippen LogP contribution in [0.3, 0.4) is 0 Å². The van der Waals surface area contributed by atoms with Gasteiger partial charge in [-0.25, -0.2) is 0 Å². The van der Waals surface area contributed by atoms with Crippen LogP contribution in [0.1, 0.15) is 88.5 Å². The molecule has 0 amide bonds. The molecule has 3 atom stereocenters. The summed E-state index contributed by atoms with van der Waals surface area (Å²) in [6.07, 6.45) is 33.8. The summed E-state index contributed by atoms with van der Waals surface area (Å²) in [5.74, 6) is 0.348. The molecular weight excluding hydrogens is 553 g/mol. The maximum atomic E-state index is 10.1. The average molecular weight is 611 g/mol. The summed E-state index contributed by atoms with van der Waals surface area (Å²) in [5.41, 5.74) is 8.73. The number of rotatable bonds is 10. The van der Waals surface area contributed by atoms with Crippen LogP contribution in [0.4, 0.5) is 0 Å². The van der Waals surface area contributed by atoms with Crippen LogP contribution in [-0.2, 0) is 0 Å². The second kappa shape index (κ2) is 18.3. The van der Waals surface area contributed by atoms with E-state index >= 15 is 0 Å². The fourth-order valence-corrected chi connectivity index (χ4v) is 6.14. The Hall–Kier alpha value is -1.68. The van der Waals surface area contributed by atoms with Crippen molar-refractivity contribution < 1.29 is 10.2 Å². The molecule has 232 valence electrons. The van der Waals surface area contributed by atoms with Gasteiger partial charge in [0.15, 0.2) is 0 Å². The van der Waals surface area contributed by atoms with Crippen molar-refractivity contribution in [3.05, 3.63) is 130 Å². The molecule has 0 unspecified atom stereocenters. The summed E-state index contributed by atoms with van der Waals surface area (Å²) in [6, 6.07) is 0. The van der Waals surface area contributed by atoms with E-state index in [1.54, 1.807) is 0 Å². The molecule has 0 aliphatic heterocycles. The summed E-state index contributed by atoms with van der Waals surface area (Å²) in [4.78, 5) is 0. The molecule has 0 saturated carbocycles. The van der Waals surface area contributed by atoms with Crippen LogP contribution in [0.25, 0.3) is 0 Å². The third-order valence-corrected chi connectivity index (χ3v) is 8.33. The van der Waals surface area contributed by atoms with Crippen molar-refractivity contribution in [3.8, 4) is 0 Å². The number of hydrogen-bond donors (Lipinski definition) is 2. The van der Waals surface area contributed by atoms with E-state index in [0.717, 1.165) is 19.3 Å². The first-order chi connectivity index (χ1) is 19.6. The van der Waals surface area contributed by atoms with Crippen molar-refractivity contribution in [2.45, 2.75) is 101 Å². The first kappa shape index (κ1) is 39.3. The van der Waals surface area contributed by atoms with Crippen molar-refractivity contribution in [1.29, 1.82) is 0 Å². The predicted octanol–water partition coefficient (Wildman–Crippen LogP) is 9.49. The Morgan fingerprint density at radius 2 is 1.21 bits per heavy atom. The molecule has 0 aromatic heterocycles. The minimum atomic E-state index is -0.331.